The van der Waals surface area contributed by atoms with E-state index in [-0.39, 0.29) is 0 Å². The van der Waals surface area contributed by atoms with Gasteiger partial charge in [-0.3, -0.25) is 0 Å². The van der Waals surface area contributed by atoms with Crippen molar-refractivity contribution in [1.29, 1.82) is 0 Å². The van der Waals surface area contributed by atoms with Crippen LogP contribution in [0.15, 0.2) is 18.2 Å². The Bertz CT molecular complexity index is 395. The molecule has 0 bridgehead atoms. The molecule has 0 saturated carbocycles. The number of halogens is 1. The third-order valence-electron chi connectivity index (χ3n) is 2.09. The van der Waals surface area contributed by atoms with Gasteiger partial charge in [-0.05, 0) is 59.2 Å². The number of aliphatic carboxylic acids is 1. The summed E-state index contributed by atoms with van der Waals surface area (Å²) >= 11 is 2.23. The average molecular weight is 302 g/mol. The molecule has 0 saturated heterocycles. The van der Waals surface area contributed by atoms with E-state index in [1.807, 2.05) is 26.0 Å². The normalized spacial score (nSPS) is 10.8. The maximum Gasteiger partial charge on any atom is 0.328 e. The van der Waals surface area contributed by atoms with Crippen LogP contribution in [0, 0.1) is 17.4 Å². The molecule has 1 aromatic carbocycles. The van der Waals surface area contributed by atoms with Crippen LogP contribution in [0.25, 0.3) is 6.08 Å². The Labute approximate surface area is 96.8 Å². The molecule has 74 valence electrons. The largest absolute Gasteiger partial charge is 0.478 e. The number of carboxylic acid groups (broad SMARTS) is 1. The van der Waals surface area contributed by atoms with Gasteiger partial charge in [0.1, 0.15) is 0 Å². The summed E-state index contributed by atoms with van der Waals surface area (Å²) in [7, 11) is 0. The Balaban J connectivity index is 3.12. The Morgan fingerprint density at radius 1 is 1.43 bits per heavy atom. The zero-order chi connectivity index (χ0) is 10.7. The van der Waals surface area contributed by atoms with Crippen molar-refractivity contribution in [3.63, 3.8) is 0 Å². The molecule has 0 fully saturated rings. The van der Waals surface area contributed by atoms with Crippen LogP contribution in [-0.4, -0.2) is 11.1 Å². The molecular weight excluding hydrogens is 291 g/mol. The minimum absolute atomic E-state index is 0.918. The van der Waals surface area contributed by atoms with Gasteiger partial charge in [-0.25, -0.2) is 4.79 Å². The lowest BCUT2D eigenvalue weighted by molar-refractivity contribution is -0.131. The molecule has 1 rings (SSSR count). The molecule has 1 N–H and O–H groups in total. The van der Waals surface area contributed by atoms with Crippen LogP contribution < -0.4 is 0 Å². The molecule has 0 aliphatic rings. The van der Waals surface area contributed by atoms with Gasteiger partial charge in [0.05, 0.1) is 0 Å². The maximum atomic E-state index is 10.3. The van der Waals surface area contributed by atoms with Gasteiger partial charge in [0.25, 0.3) is 0 Å². The van der Waals surface area contributed by atoms with E-state index in [1.165, 1.54) is 11.1 Å². The molecule has 0 amide bonds. The van der Waals surface area contributed by atoms with Crippen LogP contribution in [0.4, 0.5) is 0 Å². The number of carbonyl (C=O) groups is 1. The second-order valence-electron chi connectivity index (χ2n) is 3.08. The van der Waals surface area contributed by atoms with E-state index in [2.05, 4.69) is 22.6 Å². The minimum Gasteiger partial charge on any atom is -0.478 e. The molecule has 0 aliphatic carbocycles. The third-order valence-corrected chi connectivity index (χ3v) is 3.52. The van der Waals surface area contributed by atoms with Crippen LogP contribution in [0.1, 0.15) is 16.7 Å². The van der Waals surface area contributed by atoms with E-state index < -0.39 is 5.97 Å². The molecule has 0 radical (unpaired) electrons. The molecular formula is C11H11IO2. The maximum absolute atomic E-state index is 10.3. The van der Waals surface area contributed by atoms with Crippen molar-refractivity contribution in [2.45, 2.75) is 13.8 Å². The second-order valence-corrected chi connectivity index (χ2v) is 4.16. The van der Waals surface area contributed by atoms with E-state index in [1.54, 1.807) is 6.08 Å². The summed E-state index contributed by atoms with van der Waals surface area (Å²) in [6, 6.07) is 3.93. The second kappa shape index (κ2) is 4.59. The quantitative estimate of drug-likeness (QED) is 0.673. The van der Waals surface area contributed by atoms with E-state index in [9.17, 15) is 4.79 Å². The van der Waals surface area contributed by atoms with Gasteiger partial charge in [-0.15, -0.1) is 0 Å². The van der Waals surface area contributed by atoms with E-state index in [0.717, 1.165) is 15.2 Å². The standard InChI is InChI=1S/C11H11IO2/c1-7-3-4-9(5-6-10(13)14)11(12)8(7)2/h3-6H,1-2H3,(H,13,14)/b6-5+. The summed E-state index contributed by atoms with van der Waals surface area (Å²) in [5.41, 5.74) is 3.39. The topological polar surface area (TPSA) is 37.3 Å². The van der Waals surface area contributed by atoms with Crippen LogP contribution in [-0.2, 0) is 4.79 Å². The van der Waals surface area contributed by atoms with Crippen LogP contribution >= 0.6 is 22.6 Å². The molecule has 0 aromatic heterocycles. The van der Waals surface area contributed by atoms with Crippen molar-refractivity contribution in [2.75, 3.05) is 0 Å². The van der Waals surface area contributed by atoms with Gasteiger partial charge in [-0.1, -0.05) is 12.1 Å². The Kier molecular flexibility index (Phi) is 3.69. The highest BCUT2D eigenvalue weighted by atomic mass is 127. The zero-order valence-electron chi connectivity index (χ0n) is 8.04. The van der Waals surface area contributed by atoms with Crippen molar-refractivity contribution in [3.8, 4) is 0 Å². The average Bonchev–Trinajstić information content (AvgIpc) is 2.13. The number of rotatable bonds is 2. The Morgan fingerprint density at radius 3 is 2.64 bits per heavy atom. The molecule has 1 aromatic rings. The van der Waals surface area contributed by atoms with Gasteiger partial charge in [0, 0.05) is 9.65 Å². The zero-order valence-corrected chi connectivity index (χ0v) is 10.2. The summed E-state index contributed by atoms with van der Waals surface area (Å²) in [6.45, 7) is 4.08. The lowest BCUT2D eigenvalue weighted by atomic mass is 10.1. The number of hydrogen-bond donors (Lipinski definition) is 1. The number of hydrogen-bond acceptors (Lipinski definition) is 1. The molecule has 0 heterocycles. The monoisotopic (exact) mass is 302 g/mol. The van der Waals surface area contributed by atoms with Crippen LogP contribution in [0.5, 0.6) is 0 Å². The minimum atomic E-state index is -0.918. The van der Waals surface area contributed by atoms with Crippen LogP contribution in [0.3, 0.4) is 0 Å². The number of benzene rings is 1. The van der Waals surface area contributed by atoms with Gasteiger partial charge in [0.15, 0.2) is 0 Å². The highest BCUT2D eigenvalue weighted by Crippen LogP contribution is 2.21. The number of carboxylic acids is 1. The fraction of sp³-hybridized carbons (Fsp3) is 0.182. The fourth-order valence-electron chi connectivity index (χ4n) is 1.09. The van der Waals surface area contributed by atoms with Crippen molar-refractivity contribution in [2.24, 2.45) is 0 Å². The molecule has 3 heteroatoms. The smallest absolute Gasteiger partial charge is 0.328 e. The third kappa shape index (κ3) is 2.57. The first kappa shape index (κ1) is 11.2. The van der Waals surface area contributed by atoms with Crippen molar-refractivity contribution in [1.82, 2.24) is 0 Å². The summed E-state index contributed by atoms with van der Waals surface area (Å²) in [6.07, 6.45) is 2.78. The lowest BCUT2D eigenvalue weighted by Crippen LogP contribution is -1.91. The number of aryl methyl sites for hydroxylation is 1. The van der Waals surface area contributed by atoms with Gasteiger partial charge < -0.3 is 5.11 Å². The summed E-state index contributed by atoms with van der Waals surface area (Å²) in [5.74, 6) is -0.918. The van der Waals surface area contributed by atoms with E-state index in [4.69, 9.17) is 5.11 Å². The van der Waals surface area contributed by atoms with Crippen molar-refractivity contribution >= 4 is 34.6 Å². The van der Waals surface area contributed by atoms with Gasteiger partial charge in [-0.2, -0.15) is 0 Å². The van der Waals surface area contributed by atoms with Crippen molar-refractivity contribution < 1.29 is 9.90 Å². The summed E-state index contributed by atoms with van der Waals surface area (Å²) < 4.78 is 1.11. The van der Waals surface area contributed by atoms with E-state index >= 15 is 0 Å². The molecule has 0 aliphatic heterocycles. The van der Waals surface area contributed by atoms with E-state index in [0.29, 0.717) is 0 Å². The highest BCUT2D eigenvalue weighted by molar-refractivity contribution is 14.1. The predicted molar refractivity (Wildman–Crippen MR) is 65.3 cm³/mol. The Hall–Kier alpha value is -0.840. The van der Waals surface area contributed by atoms with Gasteiger partial charge in [0.2, 0.25) is 0 Å². The molecule has 14 heavy (non-hydrogen) atoms. The van der Waals surface area contributed by atoms with Gasteiger partial charge >= 0.3 is 5.97 Å². The summed E-state index contributed by atoms with van der Waals surface area (Å²) in [4.78, 5) is 10.3. The SMILES string of the molecule is Cc1ccc(/C=C/C(=O)O)c(I)c1C. The molecule has 0 spiro atoms. The predicted octanol–water partition coefficient (Wildman–Crippen LogP) is 3.01. The first-order valence-electron chi connectivity index (χ1n) is 4.19. The summed E-state index contributed by atoms with van der Waals surface area (Å²) in [5, 5.41) is 8.50. The molecule has 2 nitrogen and oxygen atoms in total. The highest BCUT2D eigenvalue weighted by Gasteiger charge is 2.02. The fourth-order valence-corrected chi connectivity index (χ4v) is 1.88. The Morgan fingerprint density at radius 2 is 2.07 bits per heavy atom. The lowest BCUT2D eigenvalue weighted by Gasteiger charge is -2.05. The molecule has 0 atom stereocenters. The first-order chi connectivity index (χ1) is 6.52. The first-order valence-corrected chi connectivity index (χ1v) is 5.27. The molecule has 0 unspecified atom stereocenters. The van der Waals surface area contributed by atoms with Crippen LogP contribution in [0.2, 0.25) is 0 Å². The van der Waals surface area contributed by atoms with Crippen molar-refractivity contribution in [3.05, 3.63) is 38.5 Å².